The fourth-order valence-corrected chi connectivity index (χ4v) is 3.69. The first-order chi connectivity index (χ1) is 15.9. The molecular weight excluding hydrogens is 427 g/mol. The van der Waals surface area contributed by atoms with Crippen molar-refractivity contribution in [1.29, 1.82) is 0 Å². The summed E-state index contributed by atoms with van der Waals surface area (Å²) in [7, 11) is 0. The van der Waals surface area contributed by atoms with Crippen LogP contribution in [0.4, 0.5) is 10.2 Å². The highest BCUT2D eigenvalue weighted by molar-refractivity contribution is 6.51. The minimum Gasteiger partial charge on any atom is -0.507 e. The third-order valence-corrected chi connectivity index (χ3v) is 5.39. The number of aromatic nitrogens is 1. The topological polar surface area (TPSA) is 92.9 Å². The number of unbranched alkanes of at least 4 members (excludes halogenated alkanes) is 1. The van der Waals surface area contributed by atoms with Crippen molar-refractivity contribution in [2.24, 2.45) is 0 Å². The molecule has 170 valence electrons. The Hall–Kier alpha value is -3.94. The van der Waals surface area contributed by atoms with E-state index in [9.17, 15) is 19.1 Å². The molecule has 1 atom stereocenters. The zero-order chi connectivity index (χ0) is 23.5. The van der Waals surface area contributed by atoms with E-state index in [4.69, 9.17) is 9.26 Å². The van der Waals surface area contributed by atoms with Gasteiger partial charge in [-0.25, -0.2) is 4.39 Å². The van der Waals surface area contributed by atoms with Crippen molar-refractivity contribution < 1.29 is 28.3 Å². The summed E-state index contributed by atoms with van der Waals surface area (Å²) in [5.41, 5.74) is 0.670. The smallest absolute Gasteiger partial charge is 0.301 e. The van der Waals surface area contributed by atoms with Crippen LogP contribution in [0.3, 0.4) is 0 Å². The summed E-state index contributed by atoms with van der Waals surface area (Å²) in [5.74, 6) is -1.33. The summed E-state index contributed by atoms with van der Waals surface area (Å²) in [6.45, 7) is 4.32. The van der Waals surface area contributed by atoms with Crippen LogP contribution in [0.5, 0.6) is 5.75 Å². The number of nitrogens with zero attached hydrogens (tertiary/aromatic N) is 2. The van der Waals surface area contributed by atoms with Gasteiger partial charge in [0.1, 0.15) is 23.1 Å². The number of hydrogen-bond donors (Lipinski definition) is 1. The minimum absolute atomic E-state index is 0.119. The average Bonchev–Trinajstić information content (AvgIpc) is 3.35. The number of rotatable bonds is 7. The van der Waals surface area contributed by atoms with E-state index in [0.29, 0.717) is 23.7 Å². The molecule has 1 amide bonds. The van der Waals surface area contributed by atoms with Gasteiger partial charge < -0.3 is 14.4 Å². The molecule has 0 unspecified atom stereocenters. The number of Topliss-reactive ketones (excluding diaryl/α,β-unsaturated/α-hetero) is 1. The van der Waals surface area contributed by atoms with Crippen LogP contribution in [0.15, 0.2) is 64.7 Å². The van der Waals surface area contributed by atoms with E-state index in [0.717, 1.165) is 12.8 Å². The predicted octanol–water partition coefficient (Wildman–Crippen LogP) is 4.93. The van der Waals surface area contributed by atoms with Crippen molar-refractivity contribution in [3.8, 4) is 5.75 Å². The summed E-state index contributed by atoms with van der Waals surface area (Å²) in [5, 5.41) is 14.9. The van der Waals surface area contributed by atoms with E-state index in [-0.39, 0.29) is 17.0 Å². The van der Waals surface area contributed by atoms with Crippen molar-refractivity contribution >= 4 is 23.3 Å². The molecule has 2 heterocycles. The molecule has 1 saturated heterocycles. The number of carbonyl (C=O) groups excluding carboxylic acids is 2. The van der Waals surface area contributed by atoms with Crippen molar-refractivity contribution in [2.45, 2.75) is 32.7 Å². The third-order valence-electron chi connectivity index (χ3n) is 5.39. The fourth-order valence-electron chi connectivity index (χ4n) is 3.69. The molecule has 0 aliphatic carbocycles. The van der Waals surface area contributed by atoms with Crippen LogP contribution in [0, 0.1) is 12.7 Å². The molecule has 2 aromatic carbocycles. The monoisotopic (exact) mass is 450 g/mol. The van der Waals surface area contributed by atoms with E-state index in [1.807, 2.05) is 0 Å². The normalized spacial score (nSPS) is 17.5. The lowest BCUT2D eigenvalue weighted by Crippen LogP contribution is -2.29. The molecule has 3 aromatic rings. The second-order valence-corrected chi connectivity index (χ2v) is 7.74. The van der Waals surface area contributed by atoms with Crippen LogP contribution in [-0.2, 0) is 9.59 Å². The molecule has 7 nitrogen and oxygen atoms in total. The molecule has 1 aliphatic heterocycles. The van der Waals surface area contributed by atoms with Gasteiger partial charge in [0.2, 0.25) is 0 Å². The number of hydrogen-bond acceptors (Lipinski definition) is 6. The quantitative estimate of drug-likeness (QED) is 0.238. The van der Waals surface area contributed by atoms with Crippen molar-refractivity contribution in [1.82, 2.24) is 5.16 Å². The number of halogens is 1. The summed E-state index contributed by atoms with van der Waals surface area (Å²) in [6.07, 6.45) is 1.93. The Morgan fingerprint density at radius 2 is 1.85 bits per heavy atom. The summed E-state index contributed by atoms with van der Waals surface area (Å²) in [6, 6.07) is 12.6. The van der Waals surface area contributed by atoms with Crippen molar-refractivity contribution in [3.63, 3.8) is 0 Å². The van der Waals surface area contributed by atoms with Crippen LogP contribution in [0.25, 0.3) is 5.76 Å². The largest absolute Gasteiger partial charge is 0.507 e. The maximum atomic E-state index is 13.4. The number of benzene rings is 2. The second kappa shape index (κ2) is 9.28. The van der Waals surface area contributed by atoms with Gasteiger partial charge in [0, 0.05) is 11.6 Å². The molecule has 0 saturated carbocycles. The fraction of sp³-hybridized carbons (Fsp3) is 0.240. The van der Waals surface area contributed by atoms with Crippen LogP contribution in [0.2, 0.25) is 0 Å². The molecule has 8 heteroatoms. The molecule has 1 aromatic heterocycles. The van der Waals surface area contributed by atoms with Gasteiger partial charge in [-0.1, -0.05) is 30.6 Å². The Morgan fingerprint density at radius 3 is 2.45 bits per heavy atom. The first-order valence-electron chi connectivity index (χ1n) is 10.6. The Morgan fingerprint density at radius 1 is 1.15 bits per heavy atom. The zero-order valence-electron chi connectivity index (χ0n) is 18.2. The first-order valence-corrected chi connectivity index (χ1v) is 10.6. The lowest BCUT2D eigenvalue weighted by atomic mass is 9.95. The Balaban J connectivity index is 1.81. The predicted molar refractivity (Wildman–Crippen MR) is 119 cm³/mol. The molecule has 1 aliphatic rings. The van der Waals surface area contributed by atoms with E-state index in [1.165, 1.54) is 35.2 Å². The van der Waals surface area contributed by atoms with Gasteiger partial charge in [0.05, 0.1) is 18.2 Å². The second-order valence-electron chi connectivity index (χ2n) is 7.74. The molecule has 1 N–H and O–H groups in total. The Labute approximate surface area is 190 Å². The van der Waals surface area contributed by atoms with Gasteiger partial charge in [-0.15, -0.1) is 0 Å². The highest BCUT2D eigenvalue weighted by Gasteiger charge is 2.48. The molecule has 1 fully saturated rings. The van der Waals surface area contributed by atoms with Crippen LogP contribution in [-0.4, -0.2) is 28.6 Å². The van der Waals surface area contributed by atoms with E-state index >= 15 is 0 Å². The van der Waals surface area contributed by atoms with E-state index in [1.54, 1.807) is 31.2 Å². The highest BCUT2D eigenvalue weighted by atomic mass is 19.1. The number of anilines is 1. The lowest BCUT2D eigenvalue weighted by Gasteiger charge is -2.23. The van der Waals surface area contributed by atoms with Crippen molar-refractivity contribution in [3.05, 3.63) is 82.9 Å². The summed E-state index contributed by atoms with van der Waals surface area (Å²) >= 11 is 0. The molecule has 33 heavy (non-hydrogen) atoms. The molecule has 0 bridgehead atoms. The van der Waals surface area contributed by atoms with Gasteiger partial charge in [-0.2, -0.15) is 0 Å². The minimum atomic E-state index is -0.954. The van der Waals surface area contributed by atoms with Crippen LogP contribution in [0.1, 0.15) is 42.7 Å². The highest BCUT2D eigenvalue weighted by Crippen LogP contribution is 2.42. The molecule has 0 radical (unpaired) electrons. The van der Waals surface area contributed by atoms with Crippen LogP contribution < -0.4 is 9.64 Å². The first kappa shape index (κ1) is 22.3. The number of ketones is 1. The molecule has 0 spiro atoms. The number of aryl methyl sites for hydroxylation is 1. The standard InChI is InChI=1S/C25H23FN2O5/c1-3-4-13-32-19-11-7-16(8-12-19)22-21(23(29)17-5-9-18(26)10-6-17)24(30)25(31)28(22)20-14-15(2)33-27-20/h5-12,14,22,29H,3-4,13H2,1-2H3/t22-/m1/s1. The van der Waals surface area contributed by atoms with E-state index in [2.05, 4.69) is 12.1 Å². The van der Waals surface area contributed by atoms with E-state index < -0.39 is 29.3 Å². The van der Waals surface area contributed by atoms with Gasteiger partial charge in [0.25, 0.3) is 5.78 Å². The molecular formula is C25H23FN2O5. The Kier molecular flexibility index (Phi) is 6.26. The third kappa shape index (κ3) is 4.37. The number of aliphatic hydroxyl groups excluding tert-OH is 1. The zero-order valence-corrected chi connectivity index (χ0v) is 18.2. The molecule has 4 rings (SSSR count). The van der Waals surface area contributed by atoms with Gasteiger partial charge >= 0.3 is 5.91 Å². The van der Waals surface area contributed by atoms with Gasteiger partial charge in [0.15, 0.2) is 5.82 Å². The SMILES string of the molecule is CCCCOc1ccc([C@@H]2C(=C(O)c3ccc(F)cc3)C(=O)C(=O)N2c2cc(C)on2)cc1. The van der Waals surface area contributed by atoms with Crippen LogP contribution >= 0.6 is 0 Å². The average molecular weight is 450 g/mol. The number of amides is 1. The van der Waals surface area contributed by atoms with Gasteiger partial charge in [-0.3, -0.25) is 14.5 Å². The maximum Gasteiger partial charge on any atom is 0.301 e. The van der Waals surface area contributed by atoms with Gasteiger partial charge in [-0.05, 0) is 55.3 Å². The number of aliphatic hydroxyl groups is 1. The Bertz CT molecular complexity index is 1200. The maximum absolute atomic E-state index is 13.4. The lowest BCUT2D eigenvalue weighted by molar-refractivity contribution is -0.132. The summed E-state index contributed by atoms with van der Waals surface area (Å²) in [4.78, 5) is 27.2. The summed E-state index contributed by atoms with van der Waals surface area (Å²) < 4.78 is 24.2. The number of carbonyl (C=O) groups is 2. The van der Waals surface area contributed by atoms with Crippen molar-refractivity contribution in [2.75, 3.05) is 11.5 Å². The number of ether oxygens (including phenoxy) is 1.